The van der Waals surface area contributed by atoms with Crippen LogP contribution in [0.15, 0.2) is 24.3 Å². The fourth-order valence-electron chi connectivity index (χ4n) is 2.72. The van der Waals surface area contributed by atoms with E-state index in [-0.39, 0.29) is 5.91 Å². The van der Waals surface area contributed by atoms with Crippen molar-refractivity contribution in [3.63, 3.8) is 0 Å². The lowest BCUT2D eigenvalue weighted by molar-refractivity contribution is -0.119. The second kappa shape index (κ2) is 4.21. The first-order valence-corrected chi connectivity index (χ1v) is 5.86. The van der Waals surface area contributed by atoms with Crippen molar-refractivity contribution in [2.45, 2.75) is 32.7 Å². The standard InChI is InChI=1S/C13H19NO/c1-3-10-8-12(15)14-13(10)11-7-5-4-6-9(11)2/h4-7,9-11,13H,3,8H2,1-2H3,(H,14,15)/t9?,10-,11?,13-/m1/s1. The highest BCUT2D eigenvalue weighted by Crippen LogP contribution is 2.32. The Morgan fingerprint density at radius 2 is 2.13 bits per heavy atom. The Morgan fingerprint density at radius 3 is 2.80 bits per heavy atom. The lowest BCUT2D eigenvalue weighted by Crippen LogP contribution is -2.38. The summed E-state index contributed by atoms with van der Waals surface area (Å²) in [5, 5.41) is 3.13. The molecule has 1 amide bonds. The van der Waals surface area contributed by atoms with Gasteiger partial charge in [0.2, 0.25) is 5.91 Å². The van der Waals surface area contributed by atoms with E-state index >= 15 is 0 Å². The molecule has 0 saturated carbocycles. The van der Waals surface area contributed by atoms with Crippen molar-refractivity contribution < 1.29 is 4.79 Å². The molecule has 0 aromatic heterocycles. The molecular weight excluding hydrogens is 186 g/mol. The molecule has 1 saturated heterocycles. The average molecular weight is 205 g/mol. The summed E-state index contributed by atoms with van der Waals surface area (Å²) in [5.74, 6) is 1.75. The normalized spacial score (nSPS) is 39.5. The van der Waals surface area contributed by atoms with Crippen LogP contribution >= 0.6 is 0 Å². The van der Waals surface area contributed by atoms with Gasteiger partial charge in [0.25, 0.3) is 0 Å². The van der Waals surface area contributed by atoms with Gasteiger partial charge in [-0.25, -0.2) is 0 Å². The van der Waals surface area contributed by atoms with Gasteiger partial charge in [0.15, 0.2) is 0 Å². The minimum Gasteiger partial charge on any atom is -0.352 e. The lowest BCUT2D eigenvalue weighted by Gasteiger charge is -2.30. The van der Waals surface area contributed by atoms with E-state index in [0.29, 0.717) is 30.2 Å². The van der Waals surface area contributed by atoms with Crippen molar-refractivity contribution in [1.29, 1.82) is 0 Å². The topological polar surface area (TPSA) is 29.1 Å². The SMILES string of the molecule is CC[C@@H]1CC(=O)N[C@H]1C1C=CC=CC1C. The third kappa shape index (κ3) is 1.99. The Bertz CT molecular complexity index is 306. The van der Waals surface area contributed by atoms with Gasteiger partial charge in [-0.2, -0.15) is 0 Å². The molecule has 0 aromatic rings. The molecule has 1 aliphatic carbocycles. The Labute approximate surface area is 91.4 Å². The molecule has 1 N–H and O–H groups in total. The van der Waals surface area contributed by atoms with E-state index < -0.39 is 0 Å². The van der Waals surface area contributed by atoms with Crippen molar-refractivity contribution in [1.82, 2.24) is 5.32 Å². The van der Waals surface area contributed by atoms with Crippen molar-refractivity contribution in [3.8, 4) is 0 Å². The van der Waals surface area contributed by atoms with Gasteiger partial charge in [0.1, 0.15) is 0 Å². The average Bonchev–Trinajstić information content (AvgIpc) is 2.60. The summed E-state index contributed by atoms with van der Waals surface area (Å²) in [5.41, 5.74) is 0. The summed E-state index contributed by atoms with van der Waals surface area (Å²) in [6.07, 6.45) is 10.5. The van der Waals surface area contributed by atoms with Crippen molar-refractivity contribution in [3.05, 3.63) is 24.3 Å². The highest BCUT2D eigenvalue weighted by molar-refractivity contribution is 5.79. The number of nitrogens with one attached hydrogen (secondary N) is 1. The molecular formula is C13H19NO. The predicted octanol–water partition coefficient (Wildman–Crippen LogP) is 2.28. The van der Waals surface area contributed by atoms with E-state index in [4.69, 9.17) is 0 Å². The molecule has 0 spiro atoms. The molecule has 1 fully saturated rings. The van der Waals surface area contributed by atoms with Gasteiger partial charge in [-0.05, 0) is 11.8 Å². The minimum absolute atomic E-state index is 0.224. The molecule has 0 bridgehead atoms. The number of rotatable bonds is 2. The maximum absolute atomic E-state index is 11.4. The van der Waals surface area contributed by atoms with Crippen LogP contribution in [0.1, 0.15) is 26.7 Å². The Kier molecular flexibility index (Phi) is 2.94. The number of carbonyl (C=O) groups is 1. The van der Waals surface area contributed by atoms with Gasteiger partial charge in [0, 0.05) is 18.4 Å². The monoisotopic (exact) mass is 205 g/mol. The van der Waals surface area contributed by atoms with Crippen LogP contribution in [-0.4, -0.2) is 11.9 Å². The van der Waals surface area contributed by atoms with Crippen LogP contribution in [-0.2, 0) is 4.79 Å². The van der Waals surface area contributed by atoms with E-state index in [9.17, 15) is 4.79 Å². The van der Waals surface area contributed by atoms with Crippen molar-refractivity contribution in [2.24, 2.45) is 17.8 Å². The van der Waals surface area contributed by atoms with Crippen LogP contribution in [0, 0.1) is 17.8 Å². The van der Waals surface area contributed by atoms with E-state index in [2.05, 4.69) is 43.5 Å². The fourth-order valence-corrected chi connectivity index (χ4v) is 2.72. The molecule has 0 radical (unpaired) electrons. The maximum atomic E-state index is 11.4. The largest absolute Gasteiger partial charge is 0.352 e. The number of amides is 1. The first-order valence-electron chi connectivity index (χ1n) is 5.86. The van der Waals surface area contributed by atoms with E-state index in [0.717, 1.165) is 6.42 Å². The highest BCUT2D eigenvalue weighted by atomic mass is 16.2. The zero-order valence-corrected chi connectivity index (χ0v) is 9.44. The van der Waals surface area contributed by atoms with Crippen LogP contribution in [0.3, 0.4) is 0 Å². The van der Waals surface area contributed by atoms with Crippen molar-refractivity contribution in [2.75, 3.05) is 0 Å². The van der Waals surface area contributed by atoms with Crippen LogP contribution in [0.25, 0.3) is 0 Å². The second-order valence-corrected chi connectivity index (χ2v) is 4.67. The van der Waals surface area contributed by atoms with Crippen molar-refractivity contribution >= 4 is 5.91 Å². The molecule has 2 nitrogen and oxygen atoms in total. The Balaban J connectivity index is 2.12. The first kappa shape index (κ1) is 10.5. The fraction of sp³-hybridized carbons (Fsp3) is 0.615. The zero-order chi connectivity index (χ0) is 10.8. The summed E-state index contributed by atoms with van der Waals surface area (Å²) in [7, 11) is 0. The van der Waals surface area contributed by atoms with E-state index in [1.54, 1.807) is 0 Å². The predicted molar refractivity (Wildman–Crippen MR) is 61.3 cm³/mol. The molecule has 4 atom stereocenters. The van der Waals surface area contributed by atoms with Gasteiger partial charge in [-0.1, -0.05) is 44.6 Å². The van der Waals surface area contributed by atoms with Crippen LogP contribution in [0.5, 0.6) is 0 Å². The van der Waals surface area contributed by atoms with Gasteiger partial charge >= 0.3 is 0 Å². The van der Waals surface area contributed by atoms with Gasteiger partial charge in [-0.15, -0.1) is 0 Å². The molecule has 15 heavy (non-hydrogen) atoms. The number of hydrogen-bond donors (Lipinski definition) is 1. The summed E-state index contributed by atoms with van der Waals surface area (Å²) < 4.78 is 0. The van der Waals surface area contributed by atoms with E-state index in [1.807, 2.05) is 0 Å². The summed E-state index contributed by atoms with van der Waals surface area (Å²) >= 11 is 0. The summed E-state index contributed by atoms with van der Waals surface area (Å²) in [6, 6.07) is 0.346. The number of carbonyl (C=O) groups excluding carboxylic acids is 1. The quantitative estimate of drug-likeness (QED) is 0.736. The molecule has 82 valence electrons. The number of hydrogen-bond acceptors (Lipinski definition) is 1. The summed E-state index contributed by atoms with van der Waals surface area (Å²) in [6.45, 7) is 4.40. The second-order valence-electron chi connectivity index (χ2n) is 4.67. The molecule has 2 rings (SSSR count). The van der Waals surface area contributed by atoms with Crippen LogP contribution in [0.4, 0.5) is 0 Å². The lowest BCUT2D eigenvalue weighted by atomic mass is 9.78. The molecule has 0 aromatic carbocycles. The zero-order valence-electron chi connectivity index (χ0n) is 9.44. The van der Waals surface area contributed by atoms with Gasteiger partial charge in [-0.3, -0.25) is 4.79 Å². The molecule has 1 aliphatic heterocycles. The third-order valence-corrected chi connectivity index (χ3v) is 3.69. The first-order chi connectivity index (χ1) is 7.22. The molecule has 2 unspecified atom stereocenters. The summed E-state index contributed by atoms with van der Waals surface area (Å²) in [4.78, 5) is 11.4. The molecule has 1 heterocycles. The van der Waals surface area contributed by atoms with E-state index in [1.165, 1.54) is 0 Å². The minimum atomic E-state index is 0.224. The Hall–Kier alpha value is -1.05. The highest BCUT2D eigenvalue weighted by Gasteiger charge is 2.37. The number of allylic oxidation sites excluding steroid dienone is 3. The third-order valence-electron chi connectivity index (χ3n) is 3.69. The molecule has 2 heteroatoms. The maximum Gasteiger partial charge on any atom is 0.220 e. The molecule has 2 aliphatic rings. The Morgan fingerprint density at radius 1 is 1.40 bits per heavy atom. The van der Waals surface area contributed by atoms with Gasteiger partial charge < -0.3 is 5.32 Å². The smallest absolute Gasteiger partial charge is 0.220 e. The van der Waals surface area contributed by atoms with Crippen LogP contribution < -0.4 is 5.32 Å². The van der Waals surface area contributed by atoms with Gasteiger partial charge in [0.05, 0.1) is 0 Å². The van der Waals surface area contributed by atoms with Crippen LogP contribution in [0.2, 0.25) is 0 Å².